The summed E-state index contributed by atoms with van der Waals surface area (Å²) in [7, 11) is 3.44. The second-order valence-electron chi connectivity index (χ2n) is 6.22. The summed E-state index contributed by atoms with van der Waals surface area (Å²) < 4.78 is 11.0. The summed E-state index contributed by atoms with van der Waals surface area (Å²) in [4.78, 5) is 0. The first-order chi connectivity index (χ1) is 11.2. The number of methoxy groups -OCH3 is 2. The van der Waals surface area contributed by atoms with Crippen LogP contribution in [0.15, 0.2) is 36.4 Å². The molecular weight excluding hydrogens is 286 g/mol. The van der Waals surface area contributed by atoms with Gasteiger partial charge in [-0.15, -0.1) is 0 Å². The minimum Gasteiger partial charge on any atom is -0.496 e. The van der Waals surface area contributed by atoms with Gasteiger partial charge in [0.15, 0.2) is 0 Å². The topological polar surface area (TPSA) is 35.1 Å². The lowest BCUT2D eigenvalue weighted by molar-refractivity contribution is -0.712. The lowest BCUT2D eigenvalue weighted by Gasteiger charge is -2.24. The minimum atomic E-state index is 0.548. The van der Waals surface area contributed by atoms with Crippen molar-refractivity contribution in [1.82, 2.24) is 0 Å². The Morgan fingerprint density at radius 3 is 2.70 bits per heavy atom. The van der Waals surface area contributed by atoms with Gasteiger partial charge in [-0.05, 0) is 37.5 Å². The van der Waals surface area contributed by atoms with Crippen LogP contribution in [0, 0.1) is 6.92 Å². The molecule has 0 heterocycles. The predicted octanol–water partition coefficient (Wildman–Crippen LogP) is 3.15. The molecule has 3 nitrogen and oxygen atoms in total. The van der Waals surface area contributed by atoms with Crippen LogP contribution in [0.25, 0.3) is 0 Å². The van der Waals surface area contributed by atoms with Crippen LogP contribution in [0.3, 0.4) is 0 Å². The molecule has 0 bridgehead atoms. The maximum absolute atomic E-state index is 5.63. The van der Waals surface area contributed by atoms with E-state index >= 15 is 0 Å². The van der Waals surface area contributed by atoms with Gasteiger partial charge in [0.2, 0.25) is 0 Å². The van der Waals surface area contributed by atoms with E-state index in [-0.39, 0.29) is 0 Å². The Kier molecular flexibility index (Phi) is 4.87. The Morgan fingerprint density at radius 2 is 1.91 bits per heavy atom. The third kappa shape index (κ3) is 3.20. The highest BCUT2D eigenvalue weighted by atomic mass is 16.5. The van der Waals surface area contributed by atoms with E-state index in [1.807, 2.05) is 6.07 Å². The van der Waals surface area contributed by atoms with E-state index in [1.54, 1.807) is 14.2 Å². The van der Waals surface area contributed by atoms with Gasteiger partial charge in [-0.2, -0.15) is 0 Å². The Morgan fingerprint density at radius 1 is 1.09 bits per heavy atom. The molecule has 0 saturated carbocycles. The molecule has 2 aromatic rings. The van der Waals surface area contributed by atoms with Crippen LogP contribution in [0.1, 0.15) is 41.1 Å². The van der Waals surface area contributed by atoms with Crippen molar-refractivity contribution in [3.05, 3.63) is 58.7 Å². The van der Waals surface area contributed by atoms with E-state index in [2.05, 4.69) is 42.6 Å². The molecule has 1 aliphatic carbocycles. The zero-order valence-electron chi connectivity index (χ0n) is 14.3. The molecule has 0 saturated heterocycles. The maximum Gasteiger partial charge on any atom is 0.134 e. The van der Waals surface area contributed by atoms with Gasteiger partial charge in [-0.25, -0.2) is 0 Å². The number of aryl methyl sites for hydroxylation is 1. The SMILES string of the molecule is COc1ccc(C[NH2+][C@@H]2CCCc3ccccc32)c(OC)c1C. The van der Waals surface area contributed by atoms with Crippen LogP contribution in [0.2, 0.25) is 0 Å². The third-order valence-corrected chi connectivity index (χ3v) is 4.90. The largest absolute Gasteiger partial charge is 0.496 e. The van der Waals surface area contributed by atoms with Crippen molar-refractivity contribution in [2.24, 2.45) is 0 Å². The first-order valence-corrected chi connectivity index (χ1v) is 8.36. The standard InChI is InChI=1S/C20H25NO2/c1-14-19(22-2)12-11-16(20(14)23-3)13-21-18-10-6-8-15-7-4-5-9-17(15)18/h4-5,7,9,11-12,18,21H,6,8,10,13H2,1-3H3/p+1/t18-/m1/s1. The summed E-state index contributed by atoms with van der Waals surface area (Å²) >= 11 is 0. The normalized spacial score (nSPS) is 16.7. The number of quaternary nitrogens is 1. The number of rotatable bonds is 5. The molecule has 0 spiro atoms. The number of nitrogens with two attached hydrogens (primary N) is 1. The van der Waals surface area contributed by atoms with Gasteiger partial charge in [0.25, 0.3) is 0 Å². The predicted molar refractivity (Wildman–Crippen MR) is 92.0 cm³/mol. The Hall–Kier alpha value is -2.00. The Bertz CT molecular complexity index is 681. The van der Waals surface area contributed by atoms with Gasteiger partial charge in [-0.3, -0.25) is 0 Å². The summed E-state index contributed by atoms with van der Waals surface area (Å²) in [5, 5.41) is 2.45. The summed E-state index contributed by atoms with van der Waals surface area (Å²) in [6.45, 7) is 2.98. The van der Waals surface area contributed by atoms with E-state index in [1.165, 1.54) is 36.0 Å². The van der Waals surface area contributed by atoms with Crippen molar-refractivity contribution in [2.75, 3.05) is 14.2 Å². The molecule has 0 aromatic heterocycles. The summed E-state index contributed by atoms with van der Waals surface area (Å²) in [6.07, 6.45) is 3.73. The average molecular weight is 312 g/mol. The van der Waals surface area contributed by atoms with Crippen molar-refractivity contribution in [3.63, 3.8) is 0 Å². The third-order valence-electron chi connectivity index (χ3n) is 4.90. The van der Waals surface area contributed by atoms with Crippen LogP contribution in [0.5, 0.6) is 11.5 Å². The molecule has 1 atom stereocenters. The molecule has 2 aromatic carbocycles. The molecule has 2 N–H and O–H groups in total. The minimum absolute atomic E-state index is 0.548. The Labute approximate surface area is 138 Å². The van der Waals surface area contributed by atoms with E-state index in [9.17, 15) is 0 Å². The number of hydrogen-bond acceptors (Lipinski definition) is 2. The molecule has 3 rings (SSSR count). The highest BCUT2D eigenvalue weighted by Gasteiger charge is 2.23. The number of hydrogen-bond donors (Lipinski definition) is 1. The summed E-state index contributed by atoms with van der Waals surface area (Å²) in [6, 6.07) is 13.6. The van der Waals surface area contributed by atoms with Crippen LogP contribution in [-0.4, -0.2) is 14.2 Å². The van der Waals surface area contributed by atoms with Crippen LogP contribution >= 0.6 is 0 Å². The van der Waals surface area contributed by atoms with E-state index in [0.29, 0.717) is 6.04 Å². The molecule has 23 heavy (non-hydrogen) atoms. The fraction of sp³-hybridized carbons (Fsp3) is 0.400. The van der Waals surface area contributed by atoms with Crippen molar-refractivity contribution in [1.29, 1.82) is 0 Å². The van der Waals surface area contributed by atoms with Crippen LogP contribution in [0.4, 0.5) is 0 Å². The van der Waals surface area contributed by atoms with Gasteiger partial charge < -0.3 is 14.8 Å². The maximum atomic E-state index is 5.63. The van der Waals surface area contributed by atoms with E-state index in [0.717, 1.165) is 23.6 Å². The molecule has 1 aliphatic rings. The van der Waals surface area contributed by atoms with Crippen molar-refractivity contribution < 1.29 is 14.8 Å². The molecular formula is C20H26NO2+. The smallest absolute Gasteiger partial charge is 0.134 e. The molecule has 3 heteroatoms. The first-order valence-electron chi connectivity index (χ1n) is 8.36. The Balaban J connectivity index is 1.78. The van der Waals surface area contributed by atoms with Gasteiger partial charge in [0.05, 0.1) is 14.2 Å². The van der Waals surface area contributed by atoms with Gasteiger partial charge in [0, 0.05) is 23.1 Å². The van der Waals surface area contributed by atoms with Crippen LogP contribution < -0.4 is 14.8 Å². The van der Waals surface area contributed by atoms with E-state index < -0.39 is 0 Å². The van der Waals surface area contributed by atoms with Gasteiger partial charge in [-0.1, -0.05) is 24.3 Å². The lowest BCUT2D eigenvalue weighted by Crippen LogP contribution is -2.84. The molecule has 122 valence electrons. The van der Waals surface area contributed by atoms with Gasteiger partial charge >= 0.3 is 0 Å². The molecule has 0 unspecified atom stereocenters. The lowest BCUT2D eigenvalue weighted by atomic mass is 9.87. The molecule has 0 fully saturated rings. The molecule has 0 aliphatic heterocycles. The second-order valence-corrected chi connectivity index (χ2v) is 6.22. The fourth-order valence-electron chi connectivity index (χ4n) is 3.70. The van der Waals surface area contributed by atoms with Crippen molar-refractivity contribution in [3.8, 4) is 11.5 Å². The quantitative estimate of drug-likeness (QED) is 0.920. The highest BCUT2D eigenvalue weighted by Crippen LogP contribution is 2.31. The monoisotopic (exact) mass is 312 g/mol. The van der Waals surface area contributed by atoms with Gasteiger partial charge in [0.1, 0.15) is 24.1 Å². The number of fused-ring (bicyclic) bond motifs is 1. The summed E-state index contributed by atoms with van der Waals surface area (Å²) in [5.41, 5.74) is 5.32. The average Bonchev–Trinajstić information content (AvgIpc) is 2.60. The highest BCUT2D eigenvalue weighted by molar-refractivity contribution is 5.49. The van der Waals surface area contributed by atoms with Crippen molar-refractivity contribution in [2.45, 2.75) is 38.8 Å². The van der Waals surface area contributed by atoms with Crippen molar-refractivity contribution >= 4 is 0 Å². The number of ether oxygens (including phenoxy) is 2. The summed E-state index contributed by atoms with van der Waals surface area (Å²) in [5.74, 6) is 1.83. The molecule has 0 amide bonds. The first kappa shape index (κ1) is 15.9. The van der Waals surface area contributed by atoms with Crippen LogP contribution in [-0.2, 0) is 13.0 Å². The zero-order valence-corrected chi connectivity index (χ0v) is 14.3. The fourth-order valence-corrected chi connectivity index (χ4v) is 3.70. The number of benzene rings is 2. The molecule has 0 radical (unpaired) electrons. The zero-order chi connectivity index (χ0) is 16.2. The van der Waals surface area contributed by atoms with E-state index in [4.69, 9.17) is 9.47 Å². The second kappa shape index (κ2) is 7.05.